The average Bonchev–Trinajstić information content (AvgIpc) is 2.80. The number of ether oxygens (including phenoxy) is 3. The van der Waals surface area contributed by atoms with Crippen LogP contribution >= 0.6 is 0 Å². The van der Waals surface area contributed by atoms with Crippen LogP contribution in [0.25, 0.3) is 0 Å². The number of pyridine rings is 1. The fourth-order valence-electron chi connectivity index (χ4n) is 2.16. The van der Waals surface area contributed by atoms with Crippen LogP contribution in [0.3, 0.4) is 0 Å². The zero-order valence-electron chi connectivity index (χ0n) is 11.4. The maximum absolute atomic E-state index is 11.1. The smallest absolute Gasteiger partial charge is 0.302 e. The SMILES string of the molecule is CC(=O)OC[C@H]1O[C@@H](c2ccccn2)C[C@@H]1OC(C)=O. The number of hydrogen-bond donors (Lipinski definition) is 0. The summed E-state index contributed by atoms with van der Waals surface area (Å²) in [5.41, 5.74) is 0.773. The van der Waals surface area contributed by atoms with Gasteiger partial charge in [0, 0.05) is 26.5 Å². The summed E-state index contributed by atoms with van der Waals surface area (Å²) >= 11 is 0. The van der Waals surface area contributed by atoms with Gasteiger partial charge < -0.3 is 14.2 Å². The number of esters is 2. The maximum atomic E-state index is 11.1. The molecule has 1 aromatic heterocycles. The Morgan fingerprint density at radius 1 is 1.35 bits per heavy atom. The normalized spacial score (nSPS) is 25.2. The molecule has 0 aromatic carbocycles. The predicted molar refractivity (Wildman–Crippen MR) is 68.7 cm³/mol. The van der Waals surface area contributed by atoms with Gasteiger partial charge in [-0.1, -0.05) is 6.07 Å². The Labute approximate surface area is 117 Å². The molecule has 0 amide bonds. The van der Waals surface area contributed by atoms with Crippen molar-refractivity contribution < 1.29 is 23.8 Å². The molecule has 1 aliphatic heterocycles. The van der Waals surface area contributed by atoms with Crippen LogP contribution in [0.15, 0.2) is 24.4 Å². The maximum Gasteiger partial charge on any atom is 0.302 e. The van der Waals surface area contributed by atoms with E-state index in [4.69, 9.17) is 14.2 Å². The van der Waals surface area contributed by atoms with Gasteiger partial charge in [0.25, 0.3) is 0 Å². The fraction of sp³-hybridized carbons (Fsp3) is 0.500. The quantitative estimate of drug-likeness (QED) is 0.776. The van der Waals surface area contributed by atoms with Gasteiger partial charge in [-0.25, -0.2) is 0 Å². The summed E-state index contributed by atoms with van der Waals surface area (Å²) in [6.07, 6.45) is 1.02. The zero-order chi connectivity index (χ0) is 14.5. The van der Waals surface area contributed by atoms with Crippen molar-refractivity contribution in [3.05, 3.63) is 30.1 Å². The first-order valence-electron chi connectivity index (χ1n) is 6.43. The second-order valence-corrected chi connectivity index (χ2v) is 4.60. The van der Waals surface area contributed by atoms with Crippen LogP contribution in [0.2, 0.25) is 0 Å². The van der Waals surface area contributed by atoms with Crippen molar-refractivity contribution in [3.8, 4) is 0 Å². The van der Waals surface area contributed by atoms with E-state index in [-0.39, 0.29) is 18.7 Å². The van der Waals surface area contributed by atoms with E-state index >= 15 is 0 Å². The minimum absolute atomic E-state index is 0.0661. The van der Waals surface area contributed by atoms with Crippen LogP contribution in [-0.4, -0.2) is 35.7 Å². The average molecular weight is 279 g/mol. The minimum atomic E-state index is -0.463. The molecule has 6 heteroatoms. The van der Waals surface area contributed by atoms with Gasteiger partial charge in [0.15, 0.2) is 0 Å². The molecule has 0 spiro atoms. The van der Waals surface area contributed by atoms with Crippen molar-refractivity contribution in [2.45, 2.75) is 38.6 Å². The molecule has 1 saturated heterocycles. The molecule has 20 heavy (non-hydrogen) atoms. The Balaban J connectivity index is 2.05. The molecule has 1 aliphatic rings. The Morgan fingerprint density at radius 2 is 2.15 bits per heavy atom. The Hall–Kier alpha value is -1.95. The van der Waals surface area contributed by atoms with Crippen molar-refractivity contribution in [2.75, 3.05) is 6.61 Å². The monoisotopic (exact) mass is 279 g/mol. The molecule has 2 heterocycles. The summed E-state index contributed by atoms with van der Waals surface area (Å²) in [5, 5.41) is 0. The summed E-state index contributed by atoms with van der Waals surface area (Å²) in [6.45, 7) is 2.74. The van der Waals surface area contributed by atoms with Gasteiger partial charge in [-0.3, -0.25) is 14.6 Å². The highest BCUT2D eigenvalue weighted by Crippen LogP contribution is 2.33. The molecule has 1 fully saturated rings. The number of hydrogen-bond acceptors (Lipinski definition) is 6. The van der Waals surface area contributed by atoms with Gasteiger partial charge in [0.2, 0.25) is 0 Å². The Kier molecular flexibility index (Phi) is 4.68. The molecule has 1 aromatic rings. The van der Waals surface area contributed by atoms with Crippen molar-refractivity contribution in [1.29, 1.82) is 0 Å². The van der Waals surface area contributed by atoms with Gasteiger partial charge in [-0.2, -0.15) is 0 Å². The van der Waals surface area contributed by atoms with Crippen LogP contribution in [0.1, 0.15) is 32.1 Å². The lowest BCUT2D eigenvalue weighted by atomic mass is 10.1. The van der Waals surface area contributed by atoms with E-state index in [1.54, 1.807) is 6.20 Å². The fourth-order valence-corrected chi connectivity index (χ4v) is 2.16. The van der Waals surface area contributed by atoms with Gasteiger partial charge in [0.05, 0.1) is 5.69 Å². The van der Waals surface area contributed by atoms with Crippen molar-refractivity contribution in [1.82, 2.24) is 4.98 Å². The van der Waals surface area contributed by atoms with Crippen LogP contribution in [-0.2, 0) is 23.8 Å². The lowest BCUT2D eigenvalue weighted by Gasteiger charge is -2.17. The molecule has 0 aliphatic carbocycles. The standard InChI is InChI=1S/C14H17NO5/c1-9(16)18-8-14-13(19-10(2)17)7-12(20-14)11-5-3-4-6-15-11/h3-6,12-14H,7-8H2,1-2H3/t12-,13+,14-/m1/s1. The second kappa shape index (κ2) is 6.47. The van der Waals surface area contributed by atoms with E-state index in [1.165, 1.54) is 13.8 Å². The van der Waals surface area contributed by atoms with Crippen LogP contribution in [0.4, 0.5) is 0 Å². The molecule has 108 valence electrons. The predicted octanol–water partition coefficient (Wildman–Crippen LogP) is 1.41. The van der Waals surface area contributed by atoms with Crippen molar-refractivity contribution >= 4 is 11.9 Å². The third-order valence-electron chi connectivity index (χ3n) is 2.99. The zero-order valence-corrected chi connectivity index (χ0v) is 11.4. The van der Waals surface area contributed by atoms with E-state index in [2.05, 4.69) is 4.98 Å². The van der Waals surface area contributed by atoms with E-state index in [1.807, 2.05) is 18.2 Å². The largest absolute Gasteiger partial charge is 0.463 e. The number of rotatable bonds is 4. The molecular weight excluding hydrogens is 262 g/mol. The van der Waals surface area contributed by atoms with Gasteiger partial charge >= 0.3 is 11.9 Å². The second-order valence-electron chi connectivity index (χ2n) is 4.60. The summed E-state index contributed by atoms with van der Waals surface area (Å²) in [7, 11) is 0. The van der Waals surface area contributed by atoms with Crippen molar-refractivity contribution in [2.24, 2.45) is 0 Å². The Bertz CT molecular complexity index is 476. The van der Waals surface area contributed by atoms with E-state index in [9.17, 15) is 9.59 Å². The van der Waals surface area contributed by atoms with Crippen LogP contribution in [0.5, 0.6) is 0 Å². The highest BCUT2D eigenvalue weighted by molar-refractivity contribution is 5.66. The molecule has 0 unspecified atom stereocenters. The minimum Gasteiger partial charge on any atom is -0.463 e. The van der Waals surface area contributed by atoms with Gasteiger partial charge in [-0.15, -0.1) is 0 Å². The van der Waals surface area contributed by atoms with E-state index in [0.29, 0.717) is 6.42 Å². The van der Waals surface area contributed by atoms with E-state index < -0.39 is 18.2 Å². The number of carbonyl (C=O) groups is 2. The number of aromatic nitrogens is 1. The molecule has 0 saturated carbocycles. The molecule has 0 N–H and O–H groups in total. The topological polar surface area (TPSA) is 74.7 Å². The van der Waals surface area contributed by atoms with Crippen LogP contribution in [0, 0.1) is 0 Å². The summed E-state index contributed by atoms with van der Waals surface area (Å²) in [4.78, 5) is 26.2. The summed E-state index contributed by atoms with van der Waals surface area (Å²) in [6, 6.07) is 5.54. The highest BCUT2D eigenvalue weighted by atomic mass is 16.6. The van der Waals surface area contributed by atoms with Crippen LogP contribution < -0.4 is 0 Å². The molecule has 0 radical (unpaired) electrons. The molecule has 2 rings (SSSR count). The first-order chi connectivity index (χ1) is 9.56. The van der Waals surface area contributed by atoms with Gasteiger partial charge in [-0.05, 0) is 12.1 Å². The number of nitrogens with zero attached hydrogens (tertiary/aromatic N) is 1. The third-order valence-corrected chi connectivity index (χ3v) is 2.99. The summed E-state index contributed by atoms with van der Waals surface area (Å²) < 4.78 is 16.0. The first kappa shape index (κ1) is 14.5. The highest BCUT2D eigenvalue weighted by Gasteiger charge is 2.39. The Morgan fingerprint density at radius 3 is 2.75 bits per heavy atom. The lowest BCUT2D eigenvalue weighted by Crippen LogP contribution is -2.31. The molecule has 3 atom stereocenters. The molecule has 6 nitrogen and oxygen atoms in total. The van der Waals surface area contributed by atoms with Gasteiger partial charge in [0.1, 0.15) is 24.9 Å². The van der Waals surface area contributed by atoms with Crippen molar-refractivity contribution in [3.63, 3.8) is 0 Å². The lowest BCUT2D eigenvalue weighted by molar-refractivity contribution is -0.154. The van der Waals surface area contributed by atoms with E-state index in [0.717, 1.165) is 5.69 Å². The molecule has 0 bridgehead atoms. The first-order valence-corrected chi connectivity index (χ1v) is 6.43. The third kappa shape index (κ3) is 3.77. The molecular formula is C14H17NO5. The summed E-state index contributed by atoms with van der Waals surface area (Å²) in [5.74, 6) is -0.774. The number of carbonyl (C=O) groups excluding carboxylic acids is 2.